The van der Waals surface area contributed by atoms with Gasteiger partial charge in [0.05, 0.1) is 26.9 Å². The zero-order chi connectivity index (χ0) is 21.4. The lowest BCUT2D eigenvalue weighted by Crippen LogP contribution is -2.50. The van der Waals surface area contributed by atoms with Crippen molar-refractivity contribution in [2.75, 3.05) is 21.3 Å². The van der Waals surface area contributed by atoms with Crippen LogP contribution >= 0.6 is 0 Å². The highest BCUT2D eigenvalue weighted by Gasteiger charge is 2.42. The molecule has 28 heavy (non-hydrogen) atoms. The molecule has 0 bridgehead atoms. The maximum absolute atomic E-state index is 12.5. The number of rotatable bonds is 8. The molecule has 0 spiro atoms. The molecule has 10 heteroatoms. The lowest BCUT2D eigenvalue weighted by Gasteiger charge is -2.26. The Labute approximate surface area is 160 Å². The van der Waals surface area contributed by atoms with E-state index < -0.39 is 47.7 Å². The summed E-state index contributed by atoms with van der Waals surface area (Å²) < 4.78 is 13.6. The first kappa shape index (κ1) is 22.6. The van der Waals surface area contributed by atoms with Gasteiger partial charge in [0.2, 0.25) is 0 Å². The van der Waals surface area contributed by atoms with Crippen LogP contribution in [0.15, 0.2) is 24.3 Å². The van der Waals surface area contributed by atoms with Gasteiger partial charge in [0.15, 0.2) is 5.92 Å². The van der Waals surface area contributed by atoms with E-state index in [0.717, 1.165) is 14.2 Å². The van der Waals surface area contributed by atoms with Crippen molar-refractivity contribution in [3.8, 4) is 0 Å². The SMILES string of the molecule is COC(=O)c1cccc(C(=O)N[C@@H](C(=O)O)[C@H](C)C(C(=O)OC)C(=O)OC)c1. The predicted octanol–water partition coefficient (Wildman–Crippen LogP) is 0.255. The molecule has 0 unspecified atom stereocenters. The van der Waals surface area contributed by atoms with E-state index in [1.807, 2.05) is 0 Å². The van der Waals surface area contributed by atoms with Crippen molar-refractivity contribution in [2.24, 2.45) is 11.8 Å². The summed E-state index contributed by atoms with van der Waals surface area (Å²) in [5, 5.41) is 11.7. The second-order valence-electron chi connectivity index (χ2n) is 5.74. The largest absolute Gasteiger partial charge is 0.480 e. The van der Waals surface area contributed by atoms with Gasteiger partial charge in [-0.05, 0) is 18.2 Å². The number of hydrogen-bond donors (Lipinski definition) is 2. The minimum atomic E-state index is -1.61. The smallest absolute Gasteiger partial charge is 0.337 e. The summed E-state index contributed by atoms with van der Waals surface area (Å²) >= 11 is 0. The van der Waals surface area contributed by atoms with Crippen LogP contribution in [0.5, 0.6) is 0 Å². The average molecular weight is 395 g/mol. The molecule has 2 N–H and O–H groups in total. The predicted molar refractivity (Wildman–Crippen MR) is 93.4 cm³/mol. The van der Waals surface area contributed by atoms with Crippen molar-refractivity contribution in [3.63, 3.8) is 0 Å². The minimum absolute atomic E-state index is 0.00552. The molecule has 152 valence electrons. The Balaban J connectivity index is 3.14. The van der Waals surface area contributed by atoms with Crippen molar-refractivity contribution in [3.05, 3.63) is 35.4 Å². The summed E-state index contributed by atoms with van der Waals surface area (Å²) in [5.41, 5.74) is 0.0890. The highest BCUT2D eigenvalue weighted by atomic mass is 16.5. The number of methoxy groups -OCH3 is 3. The topological polar surface area (TPSA) is 145 Å². The molecule has 0 aliphatic rings. The zero-order valence-electron chi connectivity index (χ0n) is 15.8. The quantitative estimate of drug-likeness (QED) is 0.359. The number of nitrogens with one attached hydrogen (secondary N) is 1. The third-order valence-electron chi connectivity index (χ3n) is 4.06. The Morgan fingerprint density at radius 1 is 0.929 bits per heavy atom. The fourth-order valence-corrected chi connectivity index (χ4v) is 2.52. The second-order valence-corrected chi connectivity index (χ2v) is 5.74. The molecular formula is C18H21NO9. The zero-order valence-corrected chi connectivity index (χ0v) is 15.8. The van der Waals surface area contributed by atoms with Crippen molar-refractivity contribution in [1.82, 2.24) is 5.32 Å². The fourth-order valence-electron chi connectivity index (χ4n) is 2.52. The highest BCUT2D eigenvalue weighted by molar-refractivity contribution is 6.00. The summed E-state index contributed by atoms with van der Waals surface area (Å²) in [5.74, 6) is -7.70. The number of ether oxygens (including phenoxy) is 3. The Bertz CT molecular complexity index is 758. The van der Waals surface area contributed by atoms with E-state index in [-0.39, 0.29) is 11.1 Å². The molecule has 1 aromatic carbocycles. The first-order chi connectivity index (χ1) is 13.2. The van der Waals surface area contributed by atoms with Crippen molar-refractivity contribution in [2.45, 2.75) is 13.0 Å². The van der Waals surface area contributed by atoms with Gasteiger partial charge in [-0.15, -0.1) is 0 Å². The minimum Gasteiger partial charge on any atom is -0.480 e. The highest BCUT2D eigenvalue weighted by Crippen LogP contribution is 2.20. The molecule has 1 rings (SSSR count). The standard InChI is InChI=1S/C18H21NO9/c1-9(12(17(24)27-3)18(25)28-4)13(15(21)22)19-14(20)10-6-5-7-11(8-10)16(23)26-2/h5-9,12-13H,1-4H3,(H,19,20)(H,21,22)/t9-,13-/m1/s1. The third kappa shape index (κ3) is 5.29. The number of carboxylic acids is 1. The average Bonchev–Trinajstić information content (AvgIpc) is 2.70. The van der Waals surface area contributed by atoms with Gasteiger partial charge in [-0.3, -0.25) is 14.4 Å². The van der Waals surface area contributed by atoms with E-state index in [4.69, 9.17) is 0 Å². The molecule has 1 aromatic rings. The molecule has 0 saturated heterocycles. The number of carboxylic acid groups (broad SMARTS) is 1. The van der Waals surface area contributed by atoms with Gasteiger partial charge in [-0.2, -0.15) is 0 Å². The molecule has 10 nitrogen and oxygen atoms in total. The maximum atomic E-state index is 12.5. The van der Waals surface area contributed by atoms with Crippen LogP contribution in [0.1, 0.15) is 27.6 Å². The van der Waals surface area contributed by atoms with Gasteiger partial charge in [0, 0.05) is 11.5 Å². The van der Waals surface area contributed by atoms with Crippen molar-refractivity contribution < 1.29 is 43.3 Å². The Kier molecular flexibility index (Phi) is 8.11. The van der Waals surface area contributed by atoms with E-state index in [1.54, 1.807) is 0 Å². The summed E-state index contributed by atoms with van der Waals surface area (Å²) in [6.07, 6.45) is 0. The van der Waals surface area contributed by atoms with Gasteiger partial charge in [0.25, 0.3) is 5.91 Å². The van der Waals surface area contributed by atoms with Crippen molar-refractivity contribution in [1.29, 1.82) is 0 Å². The molecule has 0 fully saturated rings. The maximum Gasteiger partial charge on any atom is 0.337 e. The number of carbonyl (C=O) groups excluding carboxylic acids is 4. The molecule has 0 heterocycles. The molecule has 0 aromatic heterocycles. The fraction of sp³-hybridized carbons (Fsp3) is 0.389. The summed E-state index contributed by atoms with van der Waals surface area (Å²) in [6.45, 7) is 1.29. The summed E-state index contributed by atoms with van der Waals surface area (Å²) in [4.78, 5) is 59.5. The van der Waals surface area contributed by atoms with Crippen LogP contribution in [0.4, 0.5) is 0 Å². The summed E-state index contributed by atoms with van der Waals surface area (Å²) in [7, 11) is 3.26. The van der Waals surface area contributed by atoms with Crippen molar-refractivity contribution >= 4 is 29.8 Å². The Morgan fingerprint density at radius 3 is 1.93 bits per heavy atom. The van der Waals surface area contributed by atoms with Crippen LogP contribution in [-0.4, -0.2) is 62.3 Å². The van der Waals surface area contributed by atoms with Crippen LogP contribution in [0, 0.1) is 11.8 Å². The van der Waals surface area contributed by atoms with Gasteiger partial charge in [-0.25, -0.2) is 9.59 Å². The summed E-state index contributed by atoms with van der Waals surface area (Å²) in [6, 6.07) is 3.82. The van der Waals surface area contributed by atoms with Gasteiger partial charge < -0.3 is 24.6 Å². The van der Waals surface area contributed by atoms with Crippen LogP contribution < -0.4 is 5.32 Å². The monoisotopic (exact) mass is 395 g/mol. The molecule has 1 amide bonds. The molecule has 2 atom stereocenters. The first-order valence-electron chi connectivity index (χ1n) is 8.05. The van der Waals surface area contributed by atoms with Gasteiger partial charge in [-0.1, -0.05) is 13.0 Å². The number of aliphatic carboxylic acids is 1. The lowest BCUT2D eigenvalue weighted by molar-refractivity contribution is -0.162. The first-order valence-corrected chi connectivity index (χ1v) is 8.05. The van der Waals surface area contributed by atoms with Gasteiger partial charge in [0.1, 0.15) is 6.04 Å². The number of amides is 1. The van der Waals surface area contributed by atoms with Crippen LogP contribution in [0.2, 0.25) is 0 Å². The van der Waals surface area contributed by atoms with E-state index >= 15 is 0 Å². The Hall–Kier alpha value is -3.43. The second kappa shape index (κ2) is 10.0. The molecule has 0 aliphatic carbocycles. The van der Waals surface area contributed by atoms with Crippen LogP contribution in [0.3, 0.4) is 0 Å². The third-order valence-corrected chi connectivity index (χ3v) is 4.06. The normalized spacial score (nSPS) is 12.5. The van der Waals surface area contributed by atoms with E-state index in [0.29, 0.717) is 0 Å². The van der Waals surface area contributed by atoms with Crippen LogP contribution in [-0.2, 0) is 28.6 Å². The number of hydrogen-bond acceptors (Lipinski definition) is 8. The Morgan fingerprint density at radius 2 is 1.46 bits per heavy atom. The molecule has 0 aliphatic heterocycles. The van der Waals surface area contributed by atoms with E-state index in [9.17, 15) is 29.1 Å². The van der Waals surface area contributed by atoms with E-state index in [2.05, 4.69) is 19.5 Å². The number of carbonyl (C=O) groups is 5. The number of esters is 3. The lowest BCUT2D eigenvalue weighted by atomic mass is 9.87. The molecule has 0 radical (unpaired) electrons. The molecule has 0 saturated carbocycles. The van der Waals surface area contributed by atoms with Gasteiger partial charge >= 0.3 is 23.9 Å². The van der Waals surface area contributed by atoms with E-state index in [1.165, 1.54) is 38.3 Å². The number of benzene rings is 1. The molecular weight excluding hydrogens is 374 g/mol. The van der Waals surface area contributed by atoms with Crippen LogP contribution in [0.25, 0.3) is 0 Å².